The Morgan fingerprint density at radius 2 is 1.13 bits per heavy atom. The molecule has 1 aromatic rings. The van der Waals surface area contributed by atoms with E-state index >= 15 is 0 Å². The summed E-state index contributed by atoms with van der Waals surface area (Å²) in [5.74, 6) is -0.879. The second kappa shape index (κ2) is 14.2. The predicted molar refractivity (Wildman–Crippen MR) is 80.3 cm³/mol. The van der Waals surface area contributed by atoms with E-state index in [-0.39, 0.29) is 19.5 Å². The van der Waals surface area contributed by atoms with Crippen molar-refractivity contribution in [3.05, 3.63) is 60.2 Å². The second-order valence-electron chi connectivity index (χ2n) is 4.26. The monoisotopic (exact) mass is 420 g/mol. The van der Waals surface area contributed by atoms with Crippen molar-refractivity contribution in [1.82, 2.24) is 0 Å². The maximum Gasteiger partial charge on any atom is 0.673 e. The number of carbonyl (C=O) groups is 1. The first-order chi connectivity index (χ1) is 10.3. The number of aromatic carboxylic acids is 1. The molecule has 8 heteroatoms. The molecule has 1 radical (unpaired) electrons. The van der Waals surface area contributed by atoms with Crippen molar-refractivity contribution in [3.8, 4) is 0 Å². The van der Waals surface area contributed by atoms with Gasteiger partial charge in [0.05, 0.1) is 5.56 Å². The van der Waals surface area contributed by atoms with Crippen molar-refractivity contribution in [2.24, 2.45) is 0 Å². The Morgan fingerprint density at radius 1 is 0.826 bits per heavy atom. The van der Waals surface area contributed by atoms with Gasteiger partial charge in [-0.05, 0) is 37.8 Å². The van der Waals surface area contributed by atoms with Gasteiger partial charge in [0.15, 0.2) is 0 Å². The average Bonchev–Trinajstić information content (AvgIpc) is 2.37. The van der Waals surface area contributed by atoms with Gasteiger partial charge in [0.2, 0.25) is 0 Å². The van der Waals surface area contributed by atoms with E-state index in [9.17, 15) is 22.1 Å². The van der Waals surface area contributed by atoms with E-state index in [1.54, 1.807) is 30.3 Å². The molecular formula is C15H18BF4O2Rh-. The SMILES string of the molecule is C1=C\CC/C=C\CC/1.F[B-](F)(F)F.O=C(O)c1ccccc1.[Rh]. The molecular weight excluding hydrogens is 402 g/mol. The van der Waals surface area contributed by atoms with E-state index in [2.05, 4.69) is 24.3 Å². The summed E-state index contributed by atoms with van der Waals surface area (Å²) in [7, 11) is -6.00. The summed E-state index contributed by atoms with van der Waals surface area (Å²) in [6.07, 6.45) is 14.0. The third-order valence-electron chi connectivity index (χ3n) is 2.35. The molecule has 23 heavy (non-hydrogen) atoms. The molecule has 131 valence electrons. The van der Waals surface area contributed by atoms with Crippen molar-refractivity contribution in [2.45, 2.75) is 25.7 Å². The number of carboxylic acid groups (broad SMARTS) is 1. The van der Waals surface area contributed by atoms with Gasteiger partial charge >= 0.3 is 13.2 Å². The van der Waals surface area contributed by atoms with Crippen molar-refractivity contribution in [3.63, 3.8) is 0 Å². The average molecular weight is 420 g/mol. The maximum atomic E-state index is 10.2. The summed E-state index contributed by atoms with van der Waals surface area (Å²) in [6, 6.07) is 8.30. The van der Waals surface area contributed by atoms with Gasteiger partial charge in [-0.3, -0.25) is 0 Å². The second-order valence-corrected chi connectivity index (χ2v) is 4.26. The molecule has 0 heterocycles. The molecule has 0 fully saturated rings. The van der Waals surface area contributed by atoms with Gasteiger partial charge in [-0.2, -0.15) is 0 Å². The van der Waals surface area contributed by atoms with Crippen LogP contribution in [-0.4, -0.2) is 18.3 Å². The first kappa shape index (κ1) is 23.8. The van der Waals surface area contributed by atoms with Gasteiger partial charge in [-0.1, -0.05) is 42.5 Å². The Kier molecular flexibility index (Phi) is 14.7. The minimum absolute atomic E-state index is 0. The van der Waals surface area contributed by atoms with Crippen molar-refractivity contribution in [1.29, 1.82) is 0 Å². The van der Waals surface area contributed by atoms with Crippen LogP contribution in [0.15, 0.2) is 54.6 Å². The summed E-state index contributed by atoms with van der Waals surface area (Å²) < 4.78 is 39.0. The van der Waals surface area contributed by atoms with Crippen LogP contribution in [0.5, 0.6) is 0 Å². The molecule has 2 rings (SSSR count). The number of rotatable bonds is 1. The van der Waals surface area contributed by atoms with Crippen molar-refractivity contribution < 1.29 is 46.6 Å². The molecule has 2 nitrogen and oxygen atoms in total. The van der Waals surface area contributed by atoms with Gasteiger partial charge in [0.1, 0.15) is 0 Å². The number of hydrogen-bond acceptors (Lipinski definition) is 1. The van der Waals surface area contributed by atoms with Crippen LogP contribution in [0.4, 0.5) is 17.3 Å². The van der Waals surface area contributed by atoms with E-state index in [0.717, 1.165) is 0 Å². The standard InChI is InChI=1S/C8H12.C7H6O2.BF4.Rh/c1-2-4-6-8-7-5-3-1;8-7(9)6-4-2-1-3-5-6;2-1(3,4)5;/h1-2,7-8H,3-6H2;1-5H,(H,8,9);;/q;;-1;/b2-1-,8-7-;;;. The number of benzene rings is 1. The van der Waals surface area contributed by atoms with Crippen LogP contribution < -0.4 is 0 Å². The molecule has 0 unspecified atom stereocenters. The first-order valence-corrected chi connectivity index (χ1v) is 6.76. The number of halogens is 4. The topological polar surface area (TPSA) is 37.3 Å². The molecule has 0 saturated carbocycles. The minimum atomic E-state index is -6.00. The molecule has 0 spiro atoms. The van der Waals surface area contributed by atoms with Crippen molar-refractivity contribution in [2.75, 3.05) is 0 Å². The van der Waals surface area contributed by atoms with Gasteiger partial charge in [0, 0.05) is 19.5 Å². The van der Waals surface area contributed by atoms with Crippen LogP contribution >= 0.6 is 0 Å². The molecule has 0 aromatic heterocycles. The summed E-state index contributed by atoms with van der Waals surface area (Å²) >= 11 is 0. The fraction of sp³-hybridized carbons (Fsp3) is 0.267. The number of allylic oxidation sites excluding steroid dienone is 4. The Bertz CT molecular complexity index is 444. The predicted octanol–water partition coefficient (Wildman–Crippen LogP) is 5.36. The van der Waals surface area contributed by atoms with Crippen LogP contribution in [0.3, 0.4) is 0 Å². The molecule has 1 N–H and O–H groups in total. The normalized spacial score (nSPS) is 15.8. The van der Waals surface area contributed by atoms with Gasteiger partial charge in [-0.25, -0.2) is 4.79 Å². The summed E-state index contributed by atoms with van der Waals surface area (Å²) in [5.41, 5.74) is 0.331. The minimum Gasteiger partial charge on any atom is -0.478 e. The van der Waals surface area contributed by atoms with Crippen LogP contribution in [-0.2, 0) is 19.5 Å². The number of carboxylic acids is 1. The Labute approximate surface area is 146 Å². The van der Waals surface area contributed by atoms with Crippen LogP contribution in [0, 0.1) is 0 Å². The van der Waals surface area contributed by atoms with E-state index < -0.39 is 13.2 Å². The van der Waals surface area contributed by atoms with E-state index in [4.69, 9.17) is 5.11 Å². The Morgan fingerprint density at radius 3 is 1.35 bits per heavy atom. The number of hydrogen-bond donors (Lipinski definition) is 1. The molecule has 0 saturated heterocycles. The van der Waals surface area contributed by atoms with Gasteiger partial charge in [0.25, 0.3) is 0 Å². The maximum absolute atomic E-state index is 10.2. The van der Waals surface area contributed by atoms with E-state index in [0.29, 0.717) is 5.56 Å². The summed E-state index contributed by atoms with van der Waals surface area (Å²) in [5, 5.41) is 8.38. The zero-order valence-electron chi connectivity index (χ0n) is 12.3. The van der Waals surface area contributed by atoms with Gasteiger partial charge < -0.3 is 22.4 Å². The fourth-order valence-electron chi connectivity index (χ4n) is 1.44. The molecule has 0 aliphatic heterocycles. The largest absolute Gasteiger partial charge is 0.673 e. The van der Waals surface area contributed by atoms with Crippen molar-refractivity contribution >= 4 is 13.2 Å². The van der Waals surface area contributed by atoms with Crippen LogP contribution in [0.1, 0.15) is 36.0 Å². The summed E-state index contributed by atoms with van der Waals surface area (Å²) in [6.45, 7) is 0. The van der Waals surface area contributed by atoms with Crippen LogP contribution in [0.25, 0.3) is 0 Å². The third kappa shape index (κ3) is 20.6. The van der Waals surface area contributed by atoms with E-state index in [1.807, 2.05) is 0 Å². The molecule has 0 atom stereocenters. The Hall–Kier alpha value is -1.42. The molecule has 0 amide bonds. The van der Waals surface area contributed by atoms with Crippen LogP contribution in [0.2, 0.25) is 0 Å². The zero-order chi connectivity index (χ0) is 16.8. The quantitative estimate of drug-likeness (QED) is 0.378. The third-order valence-corrected chi connectivity index (χ3v) is 2.35. The first-order valence-electron chi connectivity index (χ1n) is 6.76. The Balaban J connectivity index is 0. The molecule has 1 aliphatic rings. The zero-order valence-corrected chi connectivity index (χ0v) is 13.9. The van der Waals surface area contributed by atoms with E-state index in [1.165, 1.54) is 25.7 Å². The summed E-state index contributed by atoms with van der Waals surface area (Å²) in [4.78, 5) is 10.2. The molecule has 1 aromatic carbocycles. The molecule has 1 aliphatic carbocycles. The smallest absolute Gasteiger partial charge is 0.478 e. The van der Waals surface area contributed by atoms with Gasteiger partial charge in [-0.15, -0.1) is 0 Å². The fourth-order valence-corrected chi connectivity index (χ4v) is 1.44. The molecule has 0 bridgehead atoms.